The van der Waals surface area contributed by atoms with Crippen LogP contribution >= 0.6 is 0 Å². The van der Waals surface area contributed by atoms with Gasteiger partial charge in [0.15, 0.2) is 17.3 Å². The highest BCUT2D eigenvalue weighted by molar-refractivity contribution is 5.90. The van der Waals surface area contributed by atoms with Crippen molar-refractivity contribution in [1.82, 2.24) is 20.1 Å². The first-order chi connectivity index (χ1) is 9.56. The molecule has 2 aromatic rings. The van der Waals surface area contributed by atoms with Crippen molar-refractivity contribution in [2.24, 2.45) is 0 Å². The van der Waals surface area contributed by atoms with Crippen molar-refractivity contribution < 1.29 is 14.3 Å². The molecule has 2 rings (SSSR count). The molecular weight excluding hydrogens is 260 g/mol. The average Bonchev–Trinajstić information content (AvgIpc) is 2.95. The molecule has 7 heteroatoms. The summed E-state index contributed by atoms with van der Waals surface area (Å²) >= 11 is 0. The maximum atomic E-state index is 11.8. The number of aromatic nitrogens is 3. The lowest BCUT2D eigenvalue weighted by Gasteiger charge is -2.08. The van der Waals surface area contributed by atoms with Gasteiger partial charge in [0.25, 0.3) is 5.91 Å². The zero-order valence-corrected chi connectivity index (χ0v) is 11.8. The summed E-state index contributed by atoms with van der Waals surface area (Å²) in [5, 5.41) is 6.67. The monoisotopic (exact) mass is 276 g/mol. The molecule has 0 saturated carbocycles. The molecule has 0 aliphatic carbocycles. The Balaban J connectivity index is 2.35. The fraction of sp³-hybridized carbons (Fsp3) is 0.308. The minimum absolute atomic E-state index is 0.194. The third-order valence-corrected chi connectivity index (χ3v) is 2.74. The Labute approximate surface area is 116 Å². The van der Waals surface area contributed by atoms with Gasteiger partial charge in [0.1, 0.15) is 0 Å². The Bertz CT molecular complexity index is 622. The van der Waals surface area contributed by atoms with Gasteiger partial charge in [0.05, 0.1) is 14.2 Å². The molecule has 1 N–H and O–H groups in total. The van der Waals surface area contributed by atoms with E-state index in [1.165, 1.54) is 4.90 Å². The zero-order valence-electron chi connectivity index (χ0n) is 11.8. The number of aromatic amines is 1. The van der Waals surface area contributed by atoms with E-state index in [2.05, 4.69) is 15.2 Å². The zero-order chi connectivity index (χ0) is 14.7. The van der Waals surface area contributed by atoms with E-state index >= 15 is 0 Å². The number of ether oxygens (including phenoxy) is 2. The van der Waals surface area contributed by atoms with Gasteiger partial charge >= 0.3 is 0 Å². The number of rotatable bonds is 4. The Morgan fingerprint density at radius 3 is 2.50 bits per heavy atom. The van der Waals surface area contributed by atoms with Crippen LogP contribution in [0.4, 0.5) is 0 Å². The first-order valence-electron chi connectivity index (χ1n) is 5.93. The molecule has 0 atom stereocenters. The van der Waals surface area contributed by atoms with E-state index in [-0.39, 0.29) is 11.7 Å². The van der Waals surface area contributed by atoms with Gasteiger partial charge in [0, 0.05) is 19.7 Å². The number of nitrogens with one attached hydrogen (secondary N) is 1. The lowest BCUT2D eigenvalue weighted by atomic mass is 10.2. The van der Waals surface area contributed by atoms with Crippen LogP contribution in [0.1, 0.15) is 10.6 Å². The molecule has 0 unspecified atom stereocenters. The van der Waals surface area contributed by atoms with Gasteiger partial charge in [-0.15, -0.1) is 0 Å². The van der Waals surface area contributed by atoms with Crippen LogP contribution in [0.15, 0.2) is 18.2 Å². The number of nitrogens with zero attached hydrogens (tertiary/aromatic N) is 3. The maximum Gasteiger partial charge on any atom is 0.290 e. The van der Waals surface area contributed by atoms with Gasteiger partial charge < -0.3 is 14.4 Å². The molecule has 0 fully saturated rings. The number of H-pyrrole nitrogens is 1. The van der Waals surface area contributed by atoms with E-state index in [1.54, 1.807) is 46.5 Å². The average molecular weight is 276 g/mol. The summed E-state index contributed by atoms with van der Waals surface area (Å²) in [4.78, 5) is 17.4. The summed E-state index contributed by atoms with van der Waals surface area (Å²) in [7, 11) is 6.43. The van der Waals surface area contributed by atoms with Gasteiger partial charge in [-0.1, -0.05) is 0 Å². The molecule has 0 spiro atoms. The Kier molecular flexibility index (Phi) is 3.88. The van der Waals surface area contributed by atoms with Crippen LogP contribution in [-0.2, 0) is 0 Å². The van der Waals surface area contributed by atoms with Gasteiger partial charge in [-0.2, -0.15) is 5.10 Å². The minimum Gasteiger partial charge on any atom is -0.493 e. The normalized spacial score (nSPS) is 10.2. The molecular formula is C13H16N4O3. The van der Waals surface area contributed by atoms with E-state index < -0.39 is 0 Å². The van der Waals surface area contributed by atoms with Crippen molar-refractivity contribution in [3.8, 4) is 22.9 Å². The van der Waals surface area contributed by atoms with Gasteiger partial charge in [0.2, 0.25) is 5.82 Å². The second-order valence-electron chi connectivity index (χ2n) is 4.28. The van der Waals surface area contributed by atoms with Crippen molar-refractivity contribution in [3.63, 3.8) is 0 Å². The van der Waals surface area contributed by atoms with Crippen LogP contribution in [0.3, 0.4) is 0 Å². The van der Waals surface area contributed by atoms with Crippen LogP contribution in [0.25, 0.3) is 11.4 Å². The lowest BCUT2D eigenvalue weighted by Crippen LogP contribution is -2.22. The number of carbonyl (C=O) groups excluding carboxylic acids is 1. The van der Waals surface area contributed by atoms with Crippen LogP contribution in [0.2, 0.25) is 0 Å². The summed E-state index contributed by atoms with van der Waals surface area (Å²) in [5.74, 6) is 1.59. The Morgan fingerprint density at radius 2 is 1.90 bits per heavy atom. The second-order valence-corrected chi connectivity index (χ2v) is 4.28. The van der Waals surface area contributed by atoms with Gasteiger partial charge in [-0.05, 0) is 18.2 Å². The van der Waals surface area contributed by atoms with Crippen LogP contribution in [-0.4, -0.2) is 54.3 Å². The van der Waals surface area contributed by atoms with E-state index in [0.29, 0.717) is 17.3 Å². The highest BCUT2D eigenvalue weighted by atomic mass is 16.5. The summed E-state index contributed by atoms with van der Waals surface area (Å²) in [5.41, 5.74) is 0.733. The number of methoxy groups -OCH3 is 2. The molecule has 20 heavy (non-hydrogen) atoms. The van der Waals surface area contributed by atoms with Crippen molar-refractivity contribution in [2.75, 3.05) is 28.3 Å². The maximum absolute atomic E-state index is 11.8. The topological polar surface area (TPSA) is 80.3 Å². The van der Waals surface area contributed by atoms with Crippen molar-refractivity contribution >= 4 is 5.91 Å². The standard InChI is InChI=1S/C13H16N4O3/c1-17(2)13(18)12-14-11(15-16-12)8-5-6-9(19-3)10(7-8)20-4/h5-7H,1-4H3,(H,14,15,16). The molecule has 106 valence electrons. The SMILES string of the molecule is COc1ccc(-c2n[nH]c(C(=O)N(C)C)n2)cc1OC. The molecule has 0 bridgehead atoms. The largest absolute Gasteiger partial charge is 0.493 e. The van der Waals surface area contributed by atoms with E-state index in [1.807, 2.05) is 0 Å². The number of benzene rings is 1. The molecule has 0 radical (unpaired) electrons. The molecule has 0 aliphatic rings. The number of hydrogen-bond acceptors (Lipinski definition) is 5. The van der Waals surface area contributed by atoms with Crippen LogP contribution < -0.4 is 9.47 Å². The molecule has 7 nitrogen and oxygen atoms in total. The summed E-state index contributed by atoms with van der Waals surface area (Å²) in [6, 6.07) is 5.32. The van der Waals surface area contributed by atoms with Crippen molar-refractivity contribution in [3.05, 3.63) is 24.0 Å². The smallest absolute Gasteiger partial charge is 0.290 e. The third kappa shape index (κ3) is 2.56. The summed E-state index contributed by atoms with van der Waals surface area (Å²) in [6.45, 7) is 0. The lowest BCUT2D eigenvalue weighted by molar-refractivity contribution is 0.0816. The van der Waals surface area contributed by atoms with Crippen molar-refractivity contribution in [1.29, 1.82) is 0 Å². The predicted octanol–water partition coefficient (Wildman–Crippen LogP) is 1.19. The predicted molar refractivity (Wildman–Crippen MR) is 72.9 cm³/mol. The molecule has 1 aromatic heterocycles. The molecule has 0 aliphatic heterocycles. The highest BCUT2D eigenvalue weighted by Gasteiger charge is 2.15. The quantitative estimate of drug-likeness (QED) is 0.907. The van der Waals surface area contributed by atoms with Crippen LogP contribution in [0.5, 0.6) is 11.5 Å². The van der Waals surface area contributed by atoms with Gasteiger partial charge in [-0.3, -0.25) is 9.89 Å². The first kappa shape index (κ1) is 13.9. The molecule has 1 heterocycles. The molecule has 1 amide bonds. The van der Waals surface area contributed by atoms with Crippen molar-refractivity contribution in [2.45, 2.75) is 0 Å². The minimum atomic E-state index is -0.232. The summed E-state index contributed by atoms with van der Waals surface area (Å²) in [6.07, 6.45) is 0. The van der Waals surface area contributed by atoms with E-state index in [4.69, 9.17) is 9.47 Å². The van der Waals surface area contributed by atoms with E-state index in [9.17, 15) is 4.79 Å². The number of carbonyl (C=O) groups is 1. The fourth-order valence-electron chi connectivity index (χ4n) is 1.67. The third-order valence-electron chi connectivity index (χ3n) is 2.74. The Hall–Kier alpha value is -2.57. The molecule has 0 saturated heterocycles. The van der Waals surface area contributed by atoms with E-state index in [0.717, 1.165) is 5.56 Å². The highest BCUT2D eigenvalue weighted by Crippen LogP contribution is 2.30. The first-order valence-corrected chi connectivity index (χ1v) is 5.93. The fourth-order valence-corrected chi connectivity index (χ4v) is 1.67. The number of hydrogen-bond donors (Lipinski definition) is 1. The Morgan fingerprint density at radius 1 is 1.20 bits per heavy atom. The van der Waals surface area contributed by atoms with Gasteiger partial charge in [-0.25, -0.2) is 4.98 Å². The summed E-state index contributed by atoms with van der Waals surface area (Å²) < 4.78 is 10.4. The molecule has 1 aromatic carbocycles. The van der Waals surface area contributed by atoms with Crippen LogP contribution in [0, 0.1) is 0 Å². The second kappa shape index (κ2) is 5.60. The number of amides is 1.